The summed E-state index contributed by atoms with van der Waals surface area (Å²) in [5, 5.41) is 0. The number of rotatable bonds is 4. The van der Waals surface area contributed by atoms with Crippen molar-refractivity contribution in [3.63, 3.8) is 0 Å². The molecule has 25 heavy (non-hydrogen) atoms. The molecule has 136 valence electrons. The van der Waals surface area contributed by atoms with E-state index in [9.17, 15) is 13.2 Å². The Kier molecular flexibility index (Phi) is 4.01. The zero-order valence-corrected chi connectivity index (χ0v) is 15.3. The van der Waals surface area contributed by atoms with Gasteiger partial charge in [-0.15, -0.1) is 0 Å². The fraction of sp³-hybridized carbons (Fsp3) is 0.588. The van der Waals surface area contributed by atoms with Gasteiger partial charge in [0.1, 0.15) is 0 Å². The number of piperidine rings is 3. The molecule has 2 bridgehead atoms. The molecular weight excluding hydrogens is 342 g/mol. The molecule has 1 aromatic heterocycles. The zero-order valence-electron chi connectivity index (χ0n) is 14.4. The molecule has 0 saturated carbocycles. The van der Waals surface area contributed by atoms with Crippen molar-refractivity contribution in [3.8, 4) is 0 Å². The molecule has 1 N–H and O–H groups in total. The Morgan fingerprint density at radius 3 is 2.56 bits per heavy atom. The quantitative estimate of drug-likeness (QED) is 0.889. The Bertz CT molecular complexity index is 952. The number of nitrogens with zero attached hydrogens (tertiary/aromatic N) is 2. The fourth-order valence-electron chi connectivity index (χ4n) is 4.04. The van der Waals surface area contributed by atoms with E-state index in [1.807, 2.05) is 13.8 Å². The SMILES string of the molecule is CC(C)n1c(=O)oc2cc(S(=O)(=O)NC3CN4CCC3CC4)ccc21. The molecular formula is C17H23N3O4S. The van der Waals surface area contributed by atoms with E-state index in [0.717, 1.165) is 32.5 Å². The maximum absolute atomic E-state index is 12.8. The summed E-state index contributed by atoms with van der Waals surface area (Å²) in [6.07, 6.45) is 2.08. The second-order valence-corrected chi connectivity index (χ2v) is 9.04. The maximum atomic E-state index is 12.8. The molecule has 1 atom stereocenters. The lowest BCUT2D eigenvalue weighted by atomic mass is 9.85. The molecule has 2 aromatic rings. The summed E-state index contributed by atoms with van der Waals surface area (Å²) in [4.78, 5) is 14.4. The van der Waals surface area contributed by atoms with Crippen molar-refractivity contribution < 1.29 is 12.8 Å². The Morgan fingerprint density at radius 2 is 1.96 bits per heavy atom. The van der Waals surface area contributed by atoms with Crippen LogP contribution in [0.4, 0.5) is 0 Å². The third-order valence-corrected chi connectivity index (χ3v) is 6.86. The van der Waals surface area contributed by atoms with Gasteiger partial charge >= 0.3 is 5.76 Å². The van der Waals surface area contributed by atoms with E-state index in [4.69, 9.17) is 4.42 Å². The van der Waals surface area contributed by atoms with Crippen LogP contribution in [0.5, 0.6) is 0 Å². The molecule has 3 fully saturated rings. The van der Waals surface area contributed by atoms with E-state index in [2.05, 4.69) is 9.62 Å². The van der Waals surface area contributed by atoms with Gasteiger partial charge in [-0.3, -0.25) is 4.57 Å². The van der Waals surface area contributed by atoms with Crippen LogP contribution in [0.1, 0.15) is 32.7 Å². The monoisotopic (exact) mass is 365 g/mol. The van der Waals surface area contributed by atoms with Gasteiger partial charge in [0.2, 0.25) is 10.0 Å². The number of sulfonamides is 1. The van der Waals surface area contributed by atoms with Gasteiger partial charge in [-0.2, -0.15) is 0 Å². The number of hydrogen-bond acceptors (Lipinski definition) is 5. The lowest BCUT2D eigenvalue weighted by molar-refractivity contribution is 0.0827. The third kappa shape index (κ3) is 2.92. The molecule has 3 aliphatic heterocycles. The topological polar surface area (TPSA) is 84.5 Å². The Labute approximate surface area is 146 Å². The second kappa shape index (κ2) is 5.96. The lowest BCUT2D eigenvalue weighted by Crippen LogP contribution is -2.57. The number of fused-ring (bicyclic) bond motifs is 4. The summed E-state index contributed by atoms with van der Waals surface area (Å²) in [5.74, 6) is -0.0617. The summed E-state index contributed by atoms with van der Waals surface area (Å²) in [6.45, 7) is 6.66. The molecule has 0 aliphatic carbocycles. The highest BCUT2D eigenvalue weighted by Crippen LogP contribution is 2.29. The van der Waals surface area contributed by atoms with Gasteiger partial charge in [0.25, 0.3) is 0 Å². The predicted octanol–water partition coefficient (Wildman–Crippen LogP) is 1.55. The molecule has 0 amide bonds. The highest BCUT2D eigenvalue weighted by molar-refractivity contribution is 7.89. The average Bonchev–Trinajstić information content (AvgIpc) is 2.90. The summed E-state index contributed by atoms with van der Waals surface area (Å²) >= 11 is 0. The van der Waals surface area contributed by atoms with E-state index in [1.54, 1.807) is 12.1 Å². The normalized spacial score (nSPS) is 26.6. The largest absolute Gasteiger partial charge is 0.420 e. The standard InChI is InChI=1S/C17H23N3O4S/c1-11(2)20-15-4-3-13(9-16(15)24-17(20)21)25(22,23)18-14-10-19-7-5-12(14)6-8-19/h3-4,9,11-12,14,18H,5-8,10H2,1-2H3. The molecule has 0 radical (unpaired) electrons. The van der Waals surface area contributed by atoms with Crippen molar-refractivity contribution in [2.24, 2.45) is 5.92 Å². The fourth-order valence-corrected chi connectivity index (χ4v) is 5.35. The number of nitrogens with one attached hydrogen (secondary N) is 1. The van der Waals surface area contributed by atoms with Crippen molar-refractivity contribution in [2.75, 3.05) is 19.6 Å². The molecule has 0 spiro atoms. The Hall–Kier alpha value is -1.64. The van der Waals surface area contributed by atoms with Crippen LogP contribution in [-0.2, 0) is 10.0 Å². The van der Waals surface area contributed by atoms with Crippen LogP contribution in [0, 0.1) is 5.92 Å². The molecule has 3 saturated heterocycles. The zero-order chi connectivity index (χ0) is 17.8. The van der Waals surface area contributed by atoms with Gasteiger partial charge in [-0.25, -0.2) is 17.9 Å². The molecule has 5 rings (SSSR count). The van der Waals surface area contributed by atoms with Gasteiger partial charge in [0.05, 0.1) is 10.4 Å². The minimum absolute atomic E-state index is 0.0459. The number of oxazole rings is 1. The van der Waals surface area contributed by atoms with Crippen LogP contribution in [0.3, 0.4) is 0 Å². The molecule has 3 aliphatic rings. The first-order valence-electron chi connectivity index (χ1n) is 8.75. The van der Waals surface area contributed by atoms with Crippen LogP contribution >= 0.6 is 0 Å². The average molecular weight is 365 g/mol. The number of aromatic nitrogens is 1. The van der Waals surface area contributed by atoms with Crippen LogP contribution in [0.15, 0.2) is 32.3 Å². The van der Waals surface area contributed by atoms with Gasteiger partial charge in [0, 0.05) is 24.7 Å². The first kappa shape index (κ1) is 16.8. The Morgan fingerprint density at radius 1 is 1.24 bits per heavy atom. The highest BCUT2D eigenvalue weighted by Gasteiger charge is 2.36. The molecule has 4 heterocycles. The first-order chi connectivity index (χ1) is 11.8. The maximum Gasteiger partial charge on any atom is 0.420 e. The van der Waals surface area contributed by atoms with Crippen LogP contribution < -0.4 is 10.5 Å². The minimum Gasteiger partial charge on any atom is -0.408 e. The van der Waals surface area contributed by atoms with Crippen LogP contribution in [0.25, 0.3) is 11.1 Å². The van der Waals surface area contributed by atoms with E-state index in [1.165, 1.54) is 10.6 Å². The Balaban J connectivity index is 1.65. The van der Waals surface area contributed by atoms with Crippen molar-refractivity contribution in [1.82, 2.24) is 14.2 Å². The second-order valence-electron chi connectivity index (χ2n) is 7.33. The molecule has 8 heteroatoms. The van der Waals surface area contributed by atoms with Gasteiger partial charge < -0.3 is 9.32 Å². The van der Waals surface area contributed by atoms with Crippen molar-refractivity contribution in [1.29, 1.82) is 0 Å². The van der Waals surface area contributed by atoms with Crippen LogP contribution in [-0.4, -0.2) is 43.6 Å². The summed E-state index contributed by atoms with van der Waals surface area (Å²) in [5.41, 5.74) is 0.914. The first-order valence-corrected chi connectivity index (χ1v) is 10.2. The molecule has 1 aromatic carbocycles. The predicted molar refractivity (Wildman–Crippen MR) is 94.1 cm³/mol. The lowest BCUT2D eigenvalue weighted by Gasteiger charge is -2.44. The van der Waals surface area contributed by atoms with E-state index >= 15 is 0 Å². The van der Waals surface area contributed by atoms with Crippen molar-refractivity contribution in [2.45, 2.75) is 43.7 Å². The van der Waals surface area contributed by atoms with Gasteiger partial charge in [-0.1, -0.05) is 0 Å². The minimum atomic E-state index is -3.65. The van der Waals surface area contributed by atoms with E-state index < -0.39 is 15.8 Å². The van der Waals surface area contributed by atoms with Crippen molar-refractivity contribution >= 4 is 21.1 Å². The number of benzene rings is 1. The smallest absolute Gasteiger partial charge is 0.408 e. The van der Waals surface area contributed by atoms with Gasteiger partial charge in [0.15, 0.2) is 5.58 Å². The van der Waals surface area contributed by atoms with E-state index in [-0.39, 0.29) is 17.0 Å². The van der Waals surface area contributed by atoms with E-state index in [0.29, 0.717) is 17.0 Å². The molecule has 1 unspecified atom stereocenters. The summed E-state index contributed by atoms with van der Waals surface area (Å²) < 4.78 is 35.2. The van der Waals surface area contributed by atoms with Gasteiger partial charge in [-0.05, 0) is 57.8 Å². The summed E-state index contributed by atoms with van der Waals surface area (Å²) in [7, 11) is -3.65. The highest BCUT2D eigenvalue weighted by atomic mass is 32.2. The van der Waals surface area contributed by atoms with Crippen molar-refractivity contribution in [3.05, 3.63) is 28.7 Å². The number of hydrogen-bond donors (Lipinski definition) is 1. The van der Waals surface area contributed by atoms with Crippen LogP contribution in [0.2, 0.25) is 0 Å². The summed E-state index contributed by atoms with van der Waals surface area (Å²) in [6, 6.07) is 4.53. The molecule has 7 nitrogen and oxygen atoms in total. The third-order valence-electron chi connectivity index (χ3n) is 5.37.